The Morgan fingerprint density at radius 2 is 1.24 bits per heavy atom. The van der Waals surface area contributed by atoms with Crippen molar-refractivity contribution in [2.24, 2.45) is 0 Å². The van der Waals surface area contributed by atoms with E-state index in [0.29, 0.717) is 11.6 Å². The molecule has 49 heavy (non-hydrogen) atoms. The van der Waals surface area contributed by atoms with E-state index in [1.54, 1.807) is 19.1 Å². The lowest BCUT2D eigenvalue weighted by Gasteiger charge is -2.15. The van der Waals surface area contributed by atoms with Gasteiger partial charge in [0, 0.05) is 27.8 Å². The van der Waals surface area contributed by atoms with E-state index in [0.717, 1.165) is 12.1 Å². The fraction of sp³-hybridized carbons (Fsp3) is 0.0556. The summed E-state index contributed by atoms with van der Waals surface area (Å²) in [5, 5.41) is 39.3. The number of hydrogen-bond donors (Lipinski definition) is 0. The Bertz CT molecular complexity index is 2560. The number of rotatable bonds is 2. The van der Waals surface area contributed by atoms with E-state index in [1.165, 1.54) is 30.3 Å². The highest BCUT2D eigenvalue weighted by atomic mass is 19.4. The van der Waals surface area contributed by atoms with Crippen LogP contribution in [0.2, 0.25) is 0 Å². The summed E-state index contributed by atoms with van der Waals surface area (Å²) in [6.07, 6.45) is -5.10. The quantitative estimate of drug-likeness (QED) is 0.157. The van der Waals surface area contributed by atoms with Crippen molar-refractivity contribution in [3.05, 3.63) is 155 Å². The number of halogens is 5. The van der Waals surface area contributed by atoms with E-state index < -0.39 is 96.1 Å². The average Bonchev–Trinajstić information content (AvgIpc) is 3.62. The molecular weight excluding hydrogens is 639 g/mol. The largest absolute Gasteiger partial charge is 0.417 e. The number of alkyl halides is 3. The van der Waals surface area contributed by atoms with Crippen LogP contribution in [-0.4, -0.2) is 0 Å². The van der Waals surface area contributed by atoms with Crippen molar-refractivity contribution in [3.63, 3.8) is 0 Å². The van der Waals surface area contributed by atoms with Gasteiger partial charge in [-0.3, -0.25) is 0 Å². The Hall–Kier alpha value is -7.81. The molecule has 0 bridgehead atoms. The first kappa shape index (κ1) is 32.6. The number of hydrogen-bond acceptors (Lipinski definition) is 4. The summed E-state index contributed by atoms with van der Waals surface area (Å²) in [6, 6.07) is 12.5. The molecule has 0 amide bonds. The number of nitriles is 4. The molecule has 228 valence electrons. The summed E-state index contributed by atoms with van der Waals surface area (Å²) in [5.41, 5.74) is -10.7. The Morgan fingerprint density at radius 1 is 0.694 bits per heavy atom. The third kappa shape index (κ3) is 4.66. The fourth-order valence-electron chi connectivity index (χ4n) is 5.82. The summed E-state index contributed by atoms with van der Waals surface area (Å²) < 4.78 is 76.1. The smallest absolute Gasteiger partial charge is 0.238 e. The maximum atomic E-state index is 17.1. The molecule has 0 saturated heterocycles. The van der Waals surface area contributed by atoms with Gasteiger partial charge in [0.1, 0.15) is 17.7 Å². The summed E-state index contributed by atoms with van der Waals surface area (Å²) >= 11 is 0. The molecule has 0 spiro atoms. The summed E-state index contributed by atoms with van der Waals surface area (Å²) in [7, 11) is 0. The van der Waals surface area contributed by atoms with Gasteiger partial charge >= 0.3 is 6.18 Å². The maximum absolute atomic E-state index is 17.1. The second kappa shape index (κ2) is 11.8. The Kier molecular flexibility index (Phi) is 7.88. The highest BCUT2D eigenvalue weighted by molar-refractivity contribution is 6.29. The van der Waals surface area contributed by atoms with Crippen LogP contribution < -0.4 is 0 Å². The SMILES string of the molecule is [C-]#[N+]C1=C(c2ccc(C)c([N+]#[C-])c2)/C(=C(/C#N)[N+]#[C-])c2c(F)c3c(c(F)c21)/C(=C(/C#N)[N+]#[C-])C(c1ccc(C#N)c(C(F)(F)F)c1)=C3C#N. The molecule has 0 aliphatic heterocycles. The van der Waals surface area contributed by atoms with Crippen molar-refractivity contribution >= 4 is 39.2 Å². The Balaban J connectivity index is 2.02. The number of benzene rings is 3. The van der Waals surface area contributed by atoms with E-state index in [-0.39, 0.29) is 16.8 Å². The molecule has 3 aromatic rings. The standard InChI is InChI=1S/C36H9F5N8/c1-16-6-7-18(11-22(16)46-2)26-29(24(15-45)48-4)31-32(35(26)49-5)34(38)30-27(33(31)37)20(13-43)25(28(30)23(14-44)47-3)17-8-9-19(12-42)21(10-17)36(39,40)41/h6-11H,1H3/b28-23-,29-24+. The van der Waals surface area contributed by atoms with Gasteiger partial charge in [-0.25, -0.2) is 38.7 Å². The van der Waals surface area contributed by atoms with Crippen LogP contribution in [0.3, 0.4) is 0 Å². The molecule has 2 aliphatic carbocycles. The van der Waals surface area contributed by atoms with Crippen molar-refractivity contribution in [2.45, 2.75) is 13.1 Å². The van der Waals surface area contributed by atoms with E-state index in [1.807, 2.05) is 0 Å². The van der Waals surface area contributed by atoms with Gasteiger partial charge in [0.2, 0.25) is 5.70 Å². The molecule has 0 saturated carbocycles. The van der Waals surface area contributed by atoms with E-state index in [4.69, 9.17) is 26.3 Å². The minimum Gasteiger partial charge on any atom is -0.238 e. The molecule has 0 atom stereocenters. The van der Waals surface area contributed by atoms with Gasteiger partial charge < -0.3 is 0 Å². The zero-order chi connectivity index (χ0) is 35.9. The number of fused-ring (bicyclic) bond motifs is 2. The molecule has 0 unspecified atom stereocenters. The van der Waals surface area contributed by atoms with Gasteiger partial charge in [0.15, 0.2) is 5.69 Å². The molecular formula is C36H9F5N8. The van der Waals surface area contributed by atoms with Gasteiger partial charge in [0.25, 0.3) is 11.4 Å². The molecule has 0 aromatic heterocycles. The molecule has 3 aromatic carbocycles. The third-order valence-electron chi connectivity index (χ3n) is 7.84. The van der Waals surface area contributed by atoms with E-state index >= 15 is 8.78 Å². The summed E-state index contributed by atoms with van der Waals surface area (Å²) in [4.78, 5) is 13.0. The lowest BCUT2D eigenvalue weighted by atomic mass is 9.90. The van der Waals surface area contributed by atoms with Crippen LogP contribution in [-0.2, 0) is 6.18 Å². The van der Waals surface area contributed by atoms with Gasteiger partial charge in [-0.1, -0.05) is 18.2 Å². The predicted molar refractivity (Wildman–Crippen MR) is 164 cm³/mol. The zero-order valence-corrected chi connectivity index (χ0v) is 24.4. The van der Waals surface area contributed by atoms with Crippen LogP contribution in [0, 0.1) is 90.2 Å². The number of allylic oxidation sites excluding steroid dienone is 7. The van der Waals surface area contributed by atoms with Crippen LogP contribution in [0.1, 0.15) is 50.1 Å². The van der Waals surface area contributed by atoms with Gasteiger partial charge in [0.05, 0.1) is 61.2 Å². The minimum atomic E-state index is -5.10. The highest BCUT2D eigenvalue weighted by Gasteiger charge is 2.44. The topological polar surface area (TPSA) is 113 Å². The van der Waals surface area contributed by atoms with Gasteiger partial charge in [-0.15, -0.1) is 0 Å². The lowest BCUT2D eigenvalue weighted by Crippen LogP contribution is -2.08. The molecule has 2 aliphatic rings. The van der Waals surface area contributed by atoms with Crippen LogP contribution >= 0.6 is 0 Å². The summed E-state index contributed by atoms with van der Waals surface area (Å²) in [6.45, 7) is 32.3. The maximum Gasteiger partial charge on any atom is 0.417 e. The molecule has 0 fully saturated rings. The second-order valence-corrected chi connectivity index (χ2v) is 10.2. The monoisotopic (exact) mass is 648 g/mol. The predicted octanol–water partition coefficient (Wildman–Crippen LogP) is 9.27. The molecule has 13 heteroatoms. The number of aryl methyl sites for hydroxylation is 1. The molecule has 0 radical (unpaired) electrons. The first-order valence-electron chi connectivity index (χ1n) is 13.4. The van der Waals surface area contributed by atoms with Crippen molar-refractivity contribution in [1.82, 2.24) is 0 Å². The van der Waals surface area contributed by atoms with Crippen molar-refractivity contribution < 1.29 is 22.0 Å². The average molecular weight is 649 g/mol. The second-order valence-electron chi connectivity index (χ2n) is 10.2. The van der Waals surface area contributed by atoms with Crippen LogP contribution in [0.15, 0.2) is 47.8 Å². The van der Waals surface area contributed by atoms with Crippen LogP contribution in [0.4, 0.5) is 27.6 Å². The zero-order valence-electron chi connectivity index (χ0n) is 24.4. The molecule has 0 heterocycles. The van der Waals surface area contributed by atoms with E-state index in [2.05, 4.69) is 19.4 Å². The van der Waals surface area contributed by atoms with Gasteiger partial charge in [-0.2, -0.15) is 23.7 Å². The van der Waals surface area contributed by atoms with Crippen molar-refractivity contribution in [2.75, 3.05) is 0 Å². The summed E-state index contributed by atoms with van der Waals surface area (Å²) in [5.74, 6) is -2.91. The molecule has 8 nitrogen and oxygen atoms in total. The first-order valence-corrected chi connectivity index (χ1v) is 13.4. The number of nitrogens with zero attached hydrogens (tertiary/aromatic N) is 8. The van der Waals surface area contributed by atoms with Crippen LogP contribution in [0.25, 0.3) is 52.9 Å². The van der Waals surface area contributed by atoms with Crippen LogP contribution in [0.5, 0.6) is 0 Å². The van der Waals surface area contributed by atoms with Gasteiger partial charge in [-0.05, 0) is 58.5 Å². The Labute approximate surface area is 274 Å². The highest BCUT2D eigenvalue weighted by Crippen LogP contribution is 2.58. The molecule has 0 N–H and O–H groups in total. The first-order chi connectivity index (χ1) is 23.4. The van der Waals surface area contributed by atoms with Crippen molar-refractivity contribution in [3.8, 4) is 24.3 Å². The third-order valence-corrected chi connectivity index (χ3v) is 7.84. The Morgan fingerprint density at radius 3 is 1.76 bits per heavy atom. The lowest BCUT2D eigenvalue weighted by molar-refractivity contribution is -0.137. The normalized spacial score (nSPS) is 14.9. The van der Waals surface area contributed by atoms with Crippen molar-refractivity contribution in [1.29, 1.82) is 21.0 Å². The fourth-order valence-corrected chi connectivity index (χ4v) is 5.82. The van der Waals surface area contributed by atoms with E-state index in [9.17, 15) is 34.2 Å². The molecule has 5 rings (SSSR count). The minimum absolute atomic E-state index is 0.0489.